The first-order valence-electron chi connectivity index (χ1n) is 5.03. The fourth-order valence-corrected chi connectivity index (χ4v) is 1.85. The minimum absolute atomic E-state index is 0.469. The third kappa shape index (κ3) is 1.98. The number of hydrogen-bond donors (Lipinski definition) is 1. The molecule has 0 fully saturated rings. The molecular formula is C11H14ClN3. The van der Waals surface area contributed by atoms with E-state index in [1.165, 1.54) is 5.69 Å². The molecule has 1 atom stereocenters. The molecule has 2 aromatic rings. The van der Waals surface area contributed by atoms with E-state index in [0.29, 0.717) is 17.6 Å². The summed E-state index contributed by atoms with van der Waals surface area (Å²) in [7, 11) is 0. The molecular weight excluding hydrogens is 210 g/mol. The van der Waals surface area contributed by atoms with Crippen LogP contribution in [0.1, 0.15) is 12.6 Å². The molecule has 2 aromatic heterocycles. The maximum atomic E-state index is 5.96. The van der Waals surface area contributed by atoms with Crippen LogP contribution in [0.25, 0.3) is 5.52 Å². The minimum atomic E-state index is 0.469. The van der Waals surface area contributed by atoms with Gasteiger partial charge in [0, 0.05) is 5.69 Å². The number of pyridine rings is 1. The van der Waals surface area contributed by atoms with Crippen molar-refractivity contribution in [3.8, 4) is 0 Å². The zero-order chi connectivity index (χ0) is 10.8. The van der Waals surface area contributed by atoms with Crippen LogP contribution in [0.2, 0.25) is 5.15 Å². The molecule has 0 spiro atoms. The van der Waals surface area contributed by atoms with Crippen molar-refractivity contribution in [1.29, 1.82) is 0 Å². The van der Waals surface area contributed by atoms with E-state index in [-0.39, 0.29) is 0 Å². The molecule has 3 nitrogen and oxygen atoms in total. The molecule has 0 bridgehead atoms. The van der Waals surface area contributed by atoms with Crippen molar-refractivity contribution in [3.63, 3.8) is 0 Å². The number of nitrogens with two attached hydrogens (primary N) is 1. The summed E-state index contributed by atoms with van der Waals surface area (Å²) >= 11 is 5.96. The van der Waals surface area contributed by atoms with E-state index >= 15 is 0 Å². The Morgan fingerprint density at radius 3 is 3.07 bits per heavy atom. The first-order valence-corrected chi connectivity index (χ1v) is 5.40. The van der Waals surface area contributed by atoms with Gasteiger partial charge in [-0.15, -0.1) is 0 Å². The highest BCUT2D eigenvalue weighted by Gasteiger charge is 2.07. The molecule has 0 aliphatic carbocycles. The lowest BCUT2D eigenvalue weighted by atomic mass is 10.1. The maximum absolute atomic E-state index is 5.96. The van der Waals surface area contributed by atoms with E-state index in [0.717, 1.165) is 11.9 Å². The molecule has 2 rings (SSSR count). The molecule has 0 saturated heterocycles. The Balaban J connectivity index is 2.43. The Bertz CT molecular complexity index is 464. The Kier molecular flexibility index (Phi) is 2.93. The van der Waals surface area contributed by atoms with E-state index in [1.54, 1.807) is 6.33 Å². The van der Waals surface area contributed by atoms with E-state index in [1.807, 2.05) is 16.5 Å². The van der Waals surface area contributed by atoms with Crippen molar-refractivity contribution in [2.45, 2.75) is 13.3 Å². The second kappa shape index (κ2) is 4.21. The van der Waals surface area contributed by atoms with E-state index in [4.69, 9.17) is 17.3 Å². The highest BCUT2D eigenvalue weighted by Crippen LogP contribution is 2.18. The van der Waals surface area contributed by atoms with Crippen LogP contribution in [0.15, 0.2) is 24.5 Å². The molecule has 2 N–H and O–H groups in total. The number of hydrogen-bond acceptors (Lipinski definition) is 2. The second-order valence-electron chi connectivity index (χ2n) is 3.85. The number of aromatic nitrogens is 2. The lowest BCUT2D eigenvalue weighted by Gasteiger charge is -2.10. The first-order chi connectivity index (χ1) is 7.22. The van der Waals surface area contributed by atoms with E-state index in [9.17, 15) is 0 Å². The molecule has 4 heteroatoms. The van der Waals surface area contributed by atoms with E-state index in [2.05, 4.69) is 18.0 Å². The van der Waals surface area contributed by atoms with Crippen LogP contribution in [0.5, 0.6) is 0 Å². The Labute approximate surface area is 93.9 Å². The average Bonchev–Trinajstić information content (AvgIpc) is 2.62. The Morgan fingerprint density at radius 1 is 1.53 bits per heavy atom. The smallest absolute Gasteiger partial charge is 0.154 e. The number of halogens is 1. The van der Waals surface area contributed by atoms with Crippen molar-refractivity contribution >= 4 is 17.1 Å². The van der Waals surface area contributed by atoms with Crippen molar-refractivity contribution < 1.29 is 0 Å². The average molecular weight is 224 g/mol. The summed E-state index contributed by atoms with van der Waals surface area (Å²) in [6.07, 6.45) is 2.71. The van der Waals surface area contributed by atoms with Gasteiger partial charge in [-0.1, -0.05) is 24.6 Å². The fraction of sp³-hybridized carbons (Fsp3) is 0.364. The van der Waals surface area contributed by atoms with Crippen LogP contribution in [0.4, 0.5) is 0 Å². The van der Waals surface area contributed by atoms with Crippen molar-refractivity contribution in [2.24, 2.45) is 11.7 Å². The highest BCUT2D eigenvalue weighted by molar-refractivity contribution is 6.32. The summed E-state index contributed by atoms with van der Waals surface area (Å²) in [6.45, 7) is 2.83. The number of nitrogens with zero attached hydrogens (tertiary/aromatic N) is 2. The largest absolute Gasteiger partial charge is 0.330 e. The maximum Gasteiger partial charge on any atom is 0.154 e. The quantitative estimate of drug-likeness (QED) is 0.866. The van der Waals surface area contributed by atoms with Gasteiger partial charge >= 0.3 is 0 Å². The van der Waals surface area contributed by atoms with Crippen LogP contribution < -0.4 is 5.73 Å². The highest BCUT2D eigenvalue weighted by atomic mass is 35.5. The van der Waals surface area contributed by atoms with Gasteiger partial charge in [-0.2, -0.15) is 0 Å². The standard InChI is InChI=1S/C11H14ClN3/c1-8(6-13)5-9-3-2-4-10-11(12)14-7-15(9)10/h2-4,7-8H,5-6,13H2,1H3. The zero-order valence-corrected chi connectivity index (χ0v) is 9.41. The normalized spacial score (nSPS) is 13.3. The van der Waals surface area contributed by atoms with Crippen molar-refractivity contribution in [2.75, 3.05) is 6.54 Å². The van der Waals surface area contributed by atoms with Gasteiger partial charge in [0.25, 0.3) is 0 Å². The second-order valence-corrected chi connectivity index (χ2v) is 4.21. The predicted molar refractivity (Wildman–Crippen MR) is 62.1 cm³/mol. The van der Waals surface area contributed by atoms with Crippen molar-refractivity contribution in [3.05, 3.63) is 35.4 Å². The van der Waals surface area contributed by atoms with Gasteiger partial charge in [-0.25, -0.2) is 4.98 Å². The van der Waals surface area contributed by atoms with Gasteiger partial charge < -0.3 is 10.1 Å². The lowest BCUT2D eigenvalue weighted by Crippen LogP contribution is -2.14. The van der Waals surface area contributed by atoms with E-state index < -0.39 is 0 Å². The molecule has 80 valence electrons. The van der Waals surface area contributed by atoms with Gasteiger partial charge in [0.1, 0.15) is 6.33 Å². The molecule has 2 heterocycles. The van der Waals surface area contributed by atoms with Crippen LogP contribution in [-0.4, -0.2) is 15.9 Å². The number of rotatable bonds is 3. The molecule has 15 heavy (non-hydrogen) atoms. The summed E-state index contributed by atoms with van der Waals surface area (Å²) in [6, 6.07) is 6.05. The summed E-state index contributed by atoms with van der Waals surface area (Å²) in [4.78, 5) is 4.09. The van der Waals surface area contributed by atoms with Crippen LogP contribution >= 0.6 is 11.6 Å². The van der Waals surface area contributed by atoms with Crippen molar-refractivity contribution in [1.82, 2.24) is 9.38 Å². The van der Waals surface area contributed by atoms with Gasteiger partial charge in [-0.05, 0) is 31.0 Å². The van der Waals surface area contributed by atoms with Gasteiger partial charge in [-0.3, -0.25) is 0 Å². The Hall–Kier alpha value is -1.06. The fourth-order valence-electron chi connectivity index (χ4n) is 1.65. The minimum Gasteiger partial charge on any atom is -0.330 e. The zero-order valence-electron chi connectivity index (χ0n) is 8.65. The topological polar surface area (TPSA) is 43.3 Å². The van der Waals surface area contributed by atoms with Gasteiger partial charge in [0.15, 0.2) is 5.15 Å². The van der Waals surface area contributed by atoms with Crippen LogP contribution in [-0.2, 0) is 6.42 Å². The monoisotopic (exact) mass is 223 g/mol. The Morgan fingerprint density at radius 2 is 2.33 bits per heavy atom. The molecule has 0 saturated carbocycles. The molecule has 0 aliphatic heterocycles. The van der Waals surface area contributed by atoms with Crippen LogP contribution in [0.3, 0.4) is 0 Å². The van der Waals surface area contributed by atoms with Gasteiger partial charge in [0.2, 0.25) is 0 Å². The SMILES string of the molecule is CC(CN)Cc1cccc2c(Cl)ncn12. The number of imidazole rings is 1. The van der Waals surface area contributed by atoms with Crippen LogP contribution in [0, 0.1) is 5.92 Å². The summed E-state index contributed by atoms with van der Waals surface area (Å²) < 4.78 is 2.02. The molecule has 0 amide bonds. The van der Waals surface area contributed by atoms with Gasteiger partial charge in [0.05, 0.1) is 5.52 Å². The summed E-state index contributed by atoms with van der Waals surface area (Å²) in [5, 5.41) is 0.553. The molecule has 1 unspecified atom stereocenters. The lowest BCUT2D eigenvalue weighted by molar-refractivity contribution is 0.580. The first kappa shape index (κ1) is 10.5. The number of fused-ring (bicyclic) bond motifs is 1. The molecule has 0 aromatic carbocycles. The third-order valence-corrected chi connectivity index (χ3v) is 2.86. The molecule has 0 radical (unpaired) electrons. The summed E-state index contributed by atoms with van der Waals surface area (Å²) in [5.74, 6) is 0.469. The summed E-state index contributed by atoms with van der Waals surface area (Å²) in [5.41, 5.74) is 7.77. The predicted octanol–water partition coefficient (Wildman–Crippen LogP) is 2.12. The molecule has 0 aliphatic rings. The third-order valence-electron chi connectivity index (χ3n) is 2.57.